The smallest absolute Gasteiger partial charge is 0.261 e. The van der Waals surface area contributed by atoms with Crippen LogP contribution in [0.1, 0.15) is 39.3 Å². The van der Waals surface area contributed by atoms with Gasteiger partial charge in [0.1, 0.15) is 5.82 Å². The van der Waals surface area contributed by atoms with E-state index in [0.717, 1.165) is 37.4 Å². The first kappa shape index (κ1) is 20.5. The van der Waals surface area contributed by atoms with Gasteiger partial charge in [0, 0.05) is 16.1 Å². The number of aryl methyl sites for hydroxylation is 3. The Hall–Kier alpha value is -2.78. The van der Waals surface area contributed by atoms with Gasteiger partial charge in [-0.05, 0) is 68.5 Å². The third-order valence-electron chi connectivity index (χ3n) is 4.90. The number of carbonyl (C=O) groups excluding carboxylic acids is 1. The molecule has 0 saturated carbocycles. The fourth-order valence-corrected chi connectivity index (χ4v) is 5.36. The molecule has 0 fully saturated rings. The first-order valence-electron chi connectivity index (χ1n) is 9.51. The quantitative estimate of drug-likeness (QED) is 0.604. The molecule has 0 atom stereocenters. The average Bonchev–Trinajstić information content (AvgIpc) is 3.12. The van der Waals surface area contributed by atoms with Crippen molar-refractivity contribution in [2.45, 2.75) is 37.5 Å². The molecule has 0 spiro atoms. The predicted molar refractivity (Wildman–Crippen MR) is 115 cm³/mol. The Morgan fingerprint density at radius 2 is 1.93 bits per heavy atom. The number of nitrogens with zero attached hydrogens (tertiary/aromatic N) is 1. The second kappa shape index (κ2) is 8.16. The van der Waals surface area contributed by atoms with Crippen LogP contribution in [-0.2, 0) is 22.9 Å². The van der Waals surface area contributed by atoms with Gasteiger partial charge in [0.05, 0.1) is 10.6 Å². The fourth-order valence-electron chi connectivity index (χ4n) is 3.25. The monoisotopic (exact) mass is 445 g/mol. The van der Waals surface area contributed by atoms with Crippen molar-refractivity contribution in [2.24, 2.45) is 0 Å². The van der Waals surface area contributed by atoms with Gasteiger partial charge >= 0.3 is 0 Å². The van der Waals surface area contributed by atoms with Crippen molar-refractivity contribution in [3.63, 3.8) is 0 Å². The van der Waals surface area contributed by atoms with Gasteiger partial charge in [-0.3, -0.25) is 14.8 Å². The summed E-state index contributed by atoms with van der Waals surface area (Å²) in [6, 6.07) is 9.84. The summed E-state index contributed by atoms with van der Waals surface area (Å²) in [7, 11) is -3.99. The number of anilines is 2. The normalized spacial score (nSPS) is 13.5. The van der Waals surface area contributed by atoms with Crippen LogP contribution >= 0.6 is 11.3 Å². The van der Waals surface area contributed by atoms with Crippen molar-refractivity contribution in [1.82, 2.24) is 4.98 Å². The lowest BCUT2D eigenvalue weighted by Crippen LogP contribution is -2.15. The molecule has 1 amide bonds. The third kappa shape index (κ3) is 4.36. The molecule has 0 bridgehead atoms. The minimum absolute atomic E-state index is 0.186. The molecule has 1 aromatic heterocycles. The number of hydrogen-bond acceptors (Lipinski definition) is 5. The number of fused-ring (bicyclic) bond motifs is 1. The van der Waals surface area contributed by atoms with Crippen molar-refractivity contribution in [3.8, 4) is 0 Å². The number of amides is 1. The third-order valence-corrected chi connectivity index (χ3v) is 7.35. The van der Waals surface area contributed by atoms with Crippen molar-refractivity contribution < 1.29 is 17.6 Å². The molecule has 1 aliphatic rings. The summed E-state index contributed by atoms with van der Waals surface area (Å²) in [5, 5.41) is 3.34. The van der Waals surface area contributed by atoms with E-state index in [4.69, 9.17) is 0 Å². The fraction of sp³-hybridized carbons (Fsp3) is 0.238. The maximum absolute atomic E-state index is 13.8. The van der Waals surface area contributed by atoms with Gasteiger partial charge in [-0.25, -0.2) is 17.8 Å². The van der Waals surface area contributed by atoms with Gasteiger partial charge in [0.25, 0.3) is 15.9 Å². The molecule has 2 N–H and O–H groups in total. The van der Waals surface area contributed by atoms with E-state index in [1.807, 2.05) is 0 Å². The number of nitrogens with one attached hydrogen (secondary N) is 2. The summed E-state index contributed by atoms with van der Waals surface area (Å²) in [4.78, 5) is 18.1. The summed E-state index contributed by atoms with van der Waals surface area (Å²) < 4.78 is 41.3. The number of hydrogen-bond donors (Lipinski definition) is 2. The van der Waals surface area contributed by atoms with Gasteiger partial charge in [-0.15, -0.1) is 11.3 Å². The van der Waals surface area contributed by atoms with E-state index >= 15 is 0 Å². The van der Waals surface area contributed by atoms with Crippen LogP contribution in [0.5, 0.6) is 0 Å². The topological polar surface area (TPSA) is 88.2 Å². The van der Waals surface area contributed by atoms with Gasteiger partial charge in [0.2, 0.25) is 0 Å². The number of aromatic nitrogens is 1. The number of sulfonamides is 1. The maximum Gasteiger partial charge on any atom is 0.261 e. The standard InChI is InChI=1S/C21H20FN3O3S2/c1-13-9-10-16(12-17(13)22)30(27,28)25-15-6-4-5-14(11-15)20(26)24-21-23-18-7-2-3-8-19(18)29-21/h4-6,9-12,25H,2-3,7-8H2,1H3,(H,23,24,26). The highest BCUT2D eigenvalue weighted by Gasteiger charge is 2.19. The molecule has 2 aromatic carbocycles. The molecule has 0 unspecified atom stereocenters. The molecule has 0 aliphatic heterocycles. The highest BCUT2D eigenvalue weighted by Crippen LogP contribution is 2.30. The van der Waals surface area contributed by atoms with Crippen LogP contribution in [0.3, 0.4) is 0 Å². The van der Waals surface area contributed by atoms with E-state index in [-0.39, 0.29) is 16.5 Å². The van der Waals surface area contributed by atoms with Crippen molar-refractivity contribution in [1.29, 1.82) is 0 Å². The van der Waals surface area contributed by atoms with Gasteiger partial charge < -0.3 is 0 Å². The molecule has 4 rings (SSSR count). The molecular formula is C21H20FN3O3S2. The van der Waals surface area contributed by atoms with Crippen molar-refractivity contribution >= 4 is 38.1 Å². The van der Waals surface area contributed by atoms with Crippen LogP contribution < -0.4 is 10.0 Å². The lowest BCUT2D eigenvalue weighted by molar-refractivity contribution is 0.102. The Morgan fingerprint density at radius 1 is 1.13 bits per heavy atom. The van der Waals surface area contributed by atoms with E-state index in [9.17, 15) is 17.6 Å². The van der Waals surface area contributed by atoms with Crippen LogP contribution in [-0.4, -0.2) is 19.3 Å². The number of carbonyl (C=O) groups is 1. The highest BCUT2D eigenvalue weighted by molar-refractivity contribution is 7.92. The summed E-state index contributed by atoms with van der Waals surface area (Å²) in [6.07, 6.45) is 4.16. The number of benzene rings is 2. The summed E-state index contributed by atoms with van der Waals surface area (Å²) in [5.41, 5.74) is 1.91. The highest BCUT2D eigenvalue weighted by atomic mass is 32.2. The lowest BCUT2D eigenvalue weighted by atomic mass is 10.0. The number of rotatable bonds is 5. The van der Waals surface area contributed by atoms with Crippen LogP contribution in [0.25, 0.3) is 0 Å². The second-order valence-corrected chi connectivity index (χ2v) is 9.91. The molecule has 30 heavy (non-hydrogen) atoms. The molecule has 3 aromatic rings. The summed E-state index contributed by atoms with van der Waals surface area (Å²) >= 11 is 1.48. The van der Waals surface area contributed by atoms with Crippen molar-refractivity contribution in [3.05, 3.63) is 70.0 Å². The van der Waals surface area contributed by atoms with Gasteiger partial charge in [-0.1, -0.05) is 12.1 Å². The Bertz CT molecular complexity index is 1200. The lowest BCUT2D eigenvalue weighted by Gasteiger charge is -2.10. The van der Waals surface area contributed by atoms with Gasteiger partial charge in [-0.2, -0.15) is 0 Å². The first-order valence-corrected chi connectivity index (χ1v) is 11.8. The molecule has 0 saturated heterocycles. The van der Waals surface area contributed by atoms with E-state index in [1.54, 1.807) is 19.1 Å². The number of thiazole rings is 1. The van der Waals surface area contributed by atoms with Crippen LogP contribution in [0.4, 0.5) is 15.2 Å². The first-order chi connectivity index (χ1) is 14.3. The number of halogens is 1. The minimum Gasteiger partial charge on any atom is -0.298 e. The van der Waals surface area contributed by atoms with Crippen LogP contribution in [0.15, 0.2) is 47.4 Å². The van der Waals surface area contributed by atoms with Crippen LogP contribution in [0.2, 0.25) is 0 Å². The Balaban J connectivity index is 1.51. The van der Waals surface area contributed by atoms with E-state index < -0.39 is 15.8 Å². The maximum atomic E-state index is 13.8. The zero-order chi connectivity index (χ0) is 21.3. The summed E-state index contributed by atoms with van der Waals surface area (Å²) in [5.74, 6) is -0.972. The predicted octanol–water partition coefficient (Wildman–Crippen LogP) is 4.52. The molecule has 9 heteroatoms. The second-order valence-electron chi connectivity index (χ2n) is 7.15. The van der Waals surface area contributed by atoms with E-state index in [1.165, 1.54) is 40.5 Å². The molecule has 0 radical (unpaired) electrons. The Kier molecular flexibility index (Phi) is 5.57. The van der Waals surface area contributed by atoms with E-state index in [0.29, 0.717) is 16.3 Å². The zero-order valence-electron chi connectivity index (χ0n) is 16.2. The molecular weight excluding hydrogens is 425 g/mol. The average molecular weight is 446 g/mol. The zero-order valence-corrected chi connectivity index (χ0v) is 17.9. The Morgan fingerprint density at radius 3 is 2.70 bits per heavy atom. The Labute approximate surface area is 178 Å². The summed E-state index contributed by atoms with van der Waals surface area (Å²) in [6.45, 7) is 1.56. The molecule has 156 valence electrons. The largest absolute Gasteiger partial charge is 0.298 e. The van der Waals surface area contributed by atoms with E-state index in [2.05, 4.69) is 15.0 Å². The molecule has 1 aliphatic carbocycles. The SMILES string of the molecule is Cc1ccc(S(=O)(=O)Nc2cccc(C(=O)Nc3nc4c(s3)CCCC4)c2)cc1F. The molecule has 6 nitrogen and oxygen atoms in total. The van der Waals surface area contributed by atoms with Gasteiger partial charge in [0.15, 0.2) is 5.13 Å². The molecule has 1 heterocycles. The van der Waals surface area contributed by atoms with Crippen LogP contribution in [0, 0.1) is 12.7 Å². The minimum atomic E-state index is -3.99. The van der Waals surface area contributed by atoms with Crippen molar-refractivity contribution in [2.75, 3.05) is 10.0 Å².